The van der Waals surface area contributed by atoms with Crippen molar-refractivity contribution in [2.45, 2.75) is 0 Å². The van der Waals surface area contributed by atoms with E-state index in [4.69, 9.17) is 20.8 Å². The van der Waals surface area contributed by atoms with Crippen LogP contribution in [0.15, 0.2) is 11.0 Å². The van der Waals surface area contributed by atoms with E-state index in [9.17, 15) is 9.18 Å². The molecule has 0 aromatic carbocycles. The predicted molar refractivity (Wildman–Crippen MR) is 41.6 cm³/mol. The van der Waals surface area contributed by atoms with Crippen LogP contribution in [-0.4, -0.2) is 32.4 Å². The van der Waals surface area contributed by atoms with Crippen LogP contribution >= 0.6 is 0 Å². The van der Waals surface area contributed by atoms with Gasteiger partial charge in [-0.05, 0) is 0 Å². The smallest absolute Gasteiger partial charge is 0.402 e. The van der Waals surface area contributed by atoms with Gasteiger partial charge in [-0.1, -0.05) is 0 Å². The highest BCUT2D eigenvalue weighted by atomic mass is 19.1. The lowest BCUT2D eigenvalue weighted by atomic mass is 10.3. The molecule has 0 saturated heterocycles. The van der Waals surface area contributed by atoms with Crippen molar-refractivity contribution in [3.05, 3.63) is 22.5 Å². The number of halogens is 1. The van der Waals surface area contributed by atoms with Gasteiger partial charge < -0.3 is 25.8 Å². The average molecular weight is 191 g/mol. The van der Waals surface area contributed by atoms with E-state index in [-0.39, 0.29) is 5.82 Å². The maximum absolute atomic E-state index is 12.1. The first-order valence-corrected chi connectivity index (χ1v) is 2.98. The topological polar surface area (TPSA) is 132 Å². The molecule has 0 saturated carbocycles. The van der Waals surface area contributed by atoms with Gasteiger partial charge in [-0.25, -0.2) is 9.18 Å². The summed E-state index contributed by atoms with van der Waals surface area (Å²) in [6.45, 7) is 0. The molecule has 1 heterocycles. The second kappa shape index (κ2) is 5.24. The highest BCUT2D eigenvalue weighted by molar-refractivity contribution is 6.30. The molecule has 0 aliphatic carbocycles. The molecule has 1 aromatic heterocycles. The predicted octanol–water partition coefficient (Wildman–Crippen LogP) is -2.56. The number of rotatable bonds is 0. The second-order valence-electron chi connectivity index (χ2n) is 1.79. The summed E-state index contributed by atoms with van der Waals surface area (Å²) < 4.78 is 12.1. The molecule has 0 unspecified atom stereocenters. The fourth-order valence-corrected chi connectivity index (χ4v) is 0.394. The Morgan fingerprint density at radius 3 is 2.31 bits per heavy atom. The maximum atomic E-state index is 12.1. The summed E-state index contributed by atoms with van der Waals surface area (Å²) >= 11 is 0. The summed E-state index contributed by atoms with van der Waals surface area (Å²) in [4.78, 5) is 15.3. The van der Waals surface area contributed by atoms with Gasteiger partial charge in [0, 0.05) is 6.20 Å². The lowest BCUT2D eigenvalue weighted by molar-refractivity contribution is 0.278. The molecule has 72 valence electrons. The molecule has 0 atom stereocenters. The van der Waals surface area contributed by atoms with E-state index in [1.54, 1.807) is 0 Å². The van der Waals surface area contributed by atoms with Crippen molar-refractivity contribution in [3.8, 4) is 0 Å². The van der Waals surface area contributed by atoms with Crippen molar-refractivity contribution in [2.24, 2.45) is 0 Å². The van der Waals surface area contributed by atoms with E-state index < -0.39 is 18.8 Å². The number of H-pyrrole nitrogens is 1. The Morgan fingerprint density at radius 2 is 2.00 bits per heavy atom. The van der Waals surface area contributed by atoms with Crippen molar-refractivity contribution in [3.63, 3.8) is 0 Å². The first-order valence-electron chi connectivity index (χ1n) is 2.98. The van der Waals surface area contributed by atoms with Crippen molar-refractivity contribution in [2.75, 3.05) is 5.73 Å². The molecule has 0 fully saturated rings. The van der Waals surface area contributed by atoms with Gasteiger partial charge in [-0.2, -0.15) is 4.98 Å². The van der Waals surface area contributed by atoms with E-state index in [1.165, 1.54) is 0 Å². The molecule has 9 heteroatoms. The zero-order chi connectivity index (χ0) is 10.4. The summed E-state index contributed by atoms with van der Waals surface area (Å²) in [5.41, 5.74) is 4.27. The maximum Gasteiger partial charge on any atom is 0.631 e. The number of hydrogen-bond acceptors (Lipinski definition) is 6. The molecule has 0 bridgehead atoms. The molecule has 1 rings (SSSR count). The Kier molecular flexibility index (Phi) is 4.66. The lowest BCUT2D eigenvalue weighted by Gasteiger charge is -1.88. The van der Waals surface area contributed by atoms with E-state index in [0.29, 0.717) is 0 Å². The molecule has 0 radical (unpaired) electrons. The highest BCUT2D eigenvalue weighted by Crippen LogP contribution is 1.96. The van der Waals surface area contributed by atoms with Crippen LogP contribution < -0.4 is 11.4 Å². The fraction of sp³-hybridized carbons (Fsp3) is 0. The summed E-state index contributed by atoms with van der Waals surface area (Å²) in [5, 5.41) is 21.5. The summed E-state index contributed by atoms with van der Waals surface area (Å²) in [5.74, 6) is -1.09. The number of nitrogen functional groups attached to an aromatic ring is 1. The molecule has 0 aliphatic rings. The second-order valence-corrected chi connectivity index (χ2v) is 1.79. The van der Waals surface area contributed by atoms with Crippen molar-refractivity contribution in [1.82, 2.24) is 9.97 Å². The third-order valence-corrected chi connectivity index (χ3v) is 0.789. The van der Waals surface area contributed by atoms with Crippen molar-refractivity contribution in [1.29, 1.82) is 0 Å². The largest absolute Gasteiger partial charge is 0.631 e. The first-order chi connectivity index (χ1) is 5.93. The quantitative estimate of drug-likeness (QED) is 0.286. The van der Waals surface area contributed by atoms with Gasteiger partial charge in [0.05, 0.1) is 0 Å². The van der Waals surface area contributed by atoms with Gasteiger partial charge in [0.2, 0.25) is 0 Å². The Hall–Kier alpha value is -1.45. The molecule has 13 heavy (non-hydrogen) atoms. The van der Waals surface area contributed by atoms with Crippen molar-refractivity contribution >= 4 is 13.1 Å². The third kappa shape index (κ3) is 5.79. The number of aromatic amines is 1. The molecule has 0 aliphatic heterocycles. The normalized spacial score (nSPS) is 8.62. The summed E-state index contributed by atoms with van der Waals surface area (Å²) in [7, 11) is -2.17. The van der Waals surface area contributed by atoms with Gasteiger partial charge in [0.15, 0.2) is 11.6 Å². The minimum atomic E-state index is -2.17. The molecule has 7 nitrogen and oxygen atoms in total. The van der Waals surface area contributed by atoms with Gasteiger partial charge in [-0.15, -0.1) is 0 Å². The molecule has 6 N–H and O–H groups in total. The van der Waals surface area contributed by atoms with Gasteiger partial charge >= 0.3 is 13.0 Å². The van der Waals surface area contributed by atoms with Crippen LogP contribution in [0.3, 0.4) is 0 Å². The zero-order valence-corrected chi connectivity index (χ0v) is 6.31. The molecule has 1 aromatic rings. The number of nitrogens with one attached hydrogen (secondary N) is 1. The lowest BCUT2D eigenvalue weighted by Crippen LogP contribution is -2.12. The van der Waals surface area contributed by atoms with Crippen LogP contribution in [0.5, 0.6) is 0 Å². The van der Waals surface area contributed by atoms with Crippen LogP contribution in [0.25, 0.3) is 0 Å². The Labute approximate surface area is 71.9 Å². The zero-order valence-electron chi connectivity index (χ0n) is 6.31. The van der Waals surface area contributed by atoms with E-state index in [1.807, 2.05) is 4.98 Å². The third-order valence-electron chi connectivity index (χ3n) is 0.789. The minimum Gasteiger partial charge on any atom is -0.402 e. The van der Waals surface area contributed by atoms with Crippen LogP contribution in [0, 0.1) is 5.82 Å². The minimum absolute atomic E-state index is 0.376. The molecular formula is C4H7BFN3O4. The van der Waals surface area contributed by atoms with Crippen LogP contribution in [0.1, 0.15) is 0 Å². The fourth-order valence-electron chi connectivity index (χ4n) is 0.394. The number of hydrogen-bond donors (Lipinski definition) is 5. The van der Waals surface area contributed by atoms with E-state index in [2.05, 4.69) is 4.98 Å². The van der Waals surface area contributed by atoms with Gasteiger partial charge in [0.1, 0.15) is 0 Å². The standard InChI is InChI=1S/C4H4FN3O.BH3O3/c5-2-1-7-4(9)8-3(2)6;2-1(3)4/h1H,(H3,6,7,8,9);2-4H. The van der Waals surface area contributed by atoms with Gasteiger partial charge in [0.25, 0.3) is 0 Å². The summed E-state index contributed by atoms with van der Waals surface area (Å²) in [6, 6.07) is 0. The van der Waals surface area contributed by atoms with Crippen LogP contribution in [-0.2, 0) is 0 Å². The number of nitrogens with zero attached hydrogens (tertiary/aromatic N) is 1. The van der Waals surface area contributed by atoms with E-state index in [0.717, 1.165) is 6.20 Å². The number of nitrogens with two attached hydrogens (primary N) is 1. The Balaban J connectivity index is 0.000000310. The molecule has 0 spiro atoms. The SMILES string of the molecule is Nc1nc(=O)[nH]cc1F.OB(O)O. The molecule has 0 amide bonds. The number of anilines is 1. The van der Waals surface area contributed by atoms with Gasteiger partial charge in [-0.3, -0.25) is 0 Å². The van der Waals surface area contributed by atoms with Crippen molar-refractivity contribution < 1.29 is 19.5 Å². The van der Waals surface area contributed by atoms with E-state index >= 15 is 0 Å². The monoisotopic (exact) mass is 191 g/mol. The first kappa shape index (κ1) is 11.6. The highest BCUT2D eigenvalue weighted by Gasteiger charge is 1.96. The average Bonchev–Trinajstić information content (AvgIpc) is 1.96. The Bertz CT molecular complexity index is 314. The molecular weight excluding hydrogens is 184 g/mol. The Morgan fingerprint density at radius 1 is 1.54 bits per heavy atom. The van der Waals surface area contributed by atoms with Crippen LogP contribution in [0.2, 0.25) is 0 Å². The summed E-state index contributed by atoms with van der Waals surface area (Å²) in [6.07, 6.45) is 0.866. The van der Waals surface area contributed by atoms with Crippen LogP contribution in [0.4, 0.5) is 10.2 Å². The number of aromatic nitrogens is 2.